The van der Waals surface area contributed by atoms with E-state index in [1.807, 2.05) is 0 Å². The van der Waals surface area contributed by atoms with E-state index < -0.39 is 0 Å². The Hall–Kier alpha value is -0.0800. The Bertz CT molecular complexity index is 332. The first kappa shape index (κ1) is 12.6. The molecule has 2 heterocycles. The molecule has 0 amide bonds. The van der Waals surface area contributed by atoms with Crippen molar-refractivity contribution in [1.29, 1.82) is 0 Å². The van der Waals surface area contributed by atoms with Crippen LogP contribution in [0.15, 0.2) is 0 Å². The quantitative estimate of drug-likeness (QED) is 0.768. The molecule has 0 N–H and O–H groups in total. The van der Waals surface area contributed by atoms with E-state index in [-0.39, 0.29) is 0 Å². The Morgan fingerprint density at radius 1 is 1.05 bits per heavy atom. The molecule has 0 aromatic rings. The lowest BCUT2D eigenvalue weighted by Crippen LogP contribution is -2.60. The van der Waals surface area contributed by atoms with E-state index in [1.54, 1.807) is 25.7 Å². The minimum Gasteiger partial charge on any atom is -0.298 e. The van der Waals surface area contributed by atoms with Gasteiger partial charge >= 0.3 is 0 Å². The summed E-state index contributed by atoms with van der Waals surface area (Å²) in [6, 6.07) is 1.75. The van der Waals surface area contributed by atoms with Crippen LogP contribution in [0.3, 0.4) is 0 Å². The third kappa shape index (κ3) is 2.35. The number of piperazine rings is 1. The highest BCUT2D eigenvalue weighted by Gasteiger charge is 2.55. The molecule has 0 radical (unpaired) electrons. The maximum atomic E-state index is 2.91. The van der Waals surface area contributed by atoms with Crippen molar-refractivity contribution in [1.82, 2.24) is 9.80 Å². The zero-order valence-electron chi connectivity index (χ0n) is 12.6. The maximum Gasteiger partial charge on any atom is 0.0223 e. The molecular formula is C17H30N2. The predicted octanol–water partition coefficient (Wildman–Crippen LogP) is 3.13. The van der Waals surface area contributed by atoms with Gasteiger partial charge in [0.15, 0.2) is 0 Å². The Morgan fingerprint density at radius 2 is 1.89 bits per heavy atom. The lowest BCUT2D eigenvalue weighted by atomic mass is 9.92. The molecule has 0 spiro atoms. The van der Waals surface area contributed by atoms with Crippen LogP contribution in [0.2, 0.25) is 0 Å². The zero-order chi connectivity index (χ0) is 12.9. The van der Waals surface area contributed by atoms with E-state index in [0.29, 0.717) is 0 Å². The second-order valence-corrected chi connectivity index (χ2v) is 7.77. The van der Waals surface area contributed by atoms with E-state index in [4.69, 9.17) is 0 Å². The lowest BCUT2D eigenvalue weighted by Gasteiger charge is -2.49. The summed E-state index contributed by atoms with van der Waals surface area (Å²) in [5, 5.41) is 0. The van der Waals surface area contributed by atoms with Crippen LogP contribution in [0.5, 0.6) is 0 Å². The van der Waals surface area contributed by atoms with Gasteiger partial charge in [0.25, 0.3) is 0 Å². The Balaban J connectivity index is 1.44. The van der Waals surface area contributed by atoms with Crippen molar-refractivity contribution < 1.29 is 0 Å². The molecule has 2 nitrogen and oxygen atoms in total. The van der Waals surface area contributed by atoms with E-state index in [0.717, 1.165) is 23.4 Å². The largest absolute Gasteiger partial charge is 0.298 e. The fourth-order valence-corrected chi connectivity index (χ4v) is 4.85. The highest BCUT2D eigenvalue weighted by molar-refractivity contribution is 5.07. The van der Waals surface area contributed by atoms with Crippen molar-refractivity contribution in [3.05, 3.63) is 0 Å². The van der Waals surface area contributed by atoms with Crippen LogP contribution < -0.4 is 0 Å². The Morgan fingerprint density at radius 3 is 2.58 bits per heavy atom. The highest BCUT2D eigenvalue weighted by Crippen LogP contribution is 2.61. The summed E-state index contributed by atoms with van der Waals surface area (Å²) in [4.78, 5) is 5.72. The fourth-order valence-electron chi connectivity index (χ4n) is 4.85. The summed E-state index contributed by atoms with van der Waals surface area (Å²) in [6.07, 6.45) is 11.9. The monoisotopic (exact) mass is 262 g/mol. The molecule has 2 aliphatic carbocycles. The van der Waals surface area contributed by atoms with Gasteiger partial charge in [0.2, 0.25) is 0 Å². The van der Waals surface area contributed by atoms with Crippen LogP contribution in [-0.2, 0) is 0 Å². The second kappa shape index (κ2) is 4.73. The average Bonchev–Trinajstić information content (AvgIpc) is 3.30. The van der Waals surface area contributed by atoms with Crippen LogP contribution in [0.1, 0.15) is 58.3 Å². The molecule has 2 unspecified atom stereocenters. The number of fused-ring (bicyclic) bond motifs is 1. The molecule has 2 atom stereocenters. The van der Waals surface area contributed by atoms with Gasteiger partial charge in [-0.15, -0.1) is 0 Å². The van der Waals surface area contributed by atoms with E-state index in [2.05, 4.69) is 16.7 Å². The predicted molar refractivity (Wildman–Crippen MR) is 79.3 cm³/mol. The van der Waals surface area contributed by atoms with Crippen molar-refractivity contribution >= 4 is 0 Å². The first-order valence-corrected chi connectivity index (χ1v) is 8.79. The summed E-state index contributed by atoms with van der Waals surface area (Å²) in [6.45, 7) is 7.97. The normalized spacial score (nSPS) is 39.0. The van der Waals surface area contributed by atoms with Crippen molar-refractivity contribution in [2.45, 2.75) is 70.4 Å². The SMILES string of the molecule is CCC1CN2CCCCC2CN1CC1(C2CC2)CC1. The van der Waals surface area contributed by atoms with Gasteiger partial charge in [-0.3, -0.25) is 9.80 Å². The molecule has 0 aromatic heterocycles. The van der Waals surface area contributed by atoms with Gasteiger partial charge in [-0.2, -0.15) is 0 Å². The summed E-state index contributed by atoms with van der Waals surface area (Å²) >= 11 is 0. The number of hydrogen-bond acceptors (Lipinski definition) is 2. The number of nitrogens with zero attached hydrogens (tertiary/aromatic N) is 2. The topological polar surface area (TPSA) is 6.48 Å². The van der Waals surface area contributed by atoms with Crippen LogP contribution in [0.25, 0.3) is 0 Å². The minimum absolute atomic E-state index is 0.796. The first-order chi connectivity index (χ1) is 9.31. The molecule has 19 heavy (non-hydrogen) atoms. The maximum absolute atomic E-state index is 2.91. The molecule has 2 aliphatic heterocycles. The molecule has 4 rings (SSSR count). The van der Waals surface area contributed by atoms with Crippen molar-refractivity contribution in [3.63, 3.8) is 0 Å². The van der Waals surface area contributed by atoms with E-state index in [1.165, 1.54) is 51.9 Å². The second-order valence-electron chi connectivity index (χ2n) is 7.77. The molecule has 0 bridgehead atoms. The van der Waals surface area contributed by atoms with Crippen molar-refractivity contribution in [2.24, 2.45) is 11.3 Å². The molecule has 0 aromatic carbocycles. The van der Waals surface area contributed by atoms with Gasteiger partial charge in [-0.05, 0) is 62.8 Å². The van der Waals surface area contributed by atoms with E-state index in [9.17, 15) is 0 Å². The van der Waals surface area contributed by atoms with Gasteiger partial charge in [0, 0.05) is 31.7 Å². The minimum atomic E-state index is 0.796. The van der Waals surface area contributed by atoms with Crippen molar-refractivity contribution in [2.75, 3.05) is 26.2 Å². The van der Waals surface area contributed by atoms with E-state index >= 15 is 0 Å². The smallest absolute Gasteiger partial charge is 0.0223 e. The third-order valence-corrected chi connectivity index (χ3v) is 6.48. The van der Waals surface area contributed by atoms with Gasteiger partial charge in [0.05, 0.1) is 0 Å². The van der Waals surface area contributed by atoms with Gasteiger partial charge in [-0.1, -0.05) is 13.3 Å². The van der Waals surface area contributed by atoms with Crippen LogP contribution >= 0.6 is 0 Å². The fraction of sp³-hybridized carbons (Fsp3) is 1.00. The van der Waals surface area contributed by atoms with Gasteiger partial charge in [0.1, 0.15) is 0 Å². The average molecular weight is 262 g/mol. The van der Waals surface area contributed by atoms with Gasteiger partial charge in [-0.25, -0.2) is 0 Å². The Kier molecular flexibility index (Phi) is 3.15. The summed E-state index contributed by atoms with van der Waals surface area (Å²) in [5.41, 5.74) is 0.796. The third-order valence-electron chi connectivity index (χ3n) is 6.48. The molecule has 4 fully saturated rings. The number of hydrogen-bond donors (Lipinski definition) is 0. The summed E-state index contributed by atoms with van der Waals surface area (Å²) < 4.78 is 0. The molecule has 108 valence electrons. The number of rotatable bonds is 4. The molecule has 2 heteroatoms. The lowest BCUT2D eigenvalue weighted by molar-refractivity contribution is -0.00427. The standard InChI is InChI=1S/C17H30N2/c1-2-15-11-18-10-4-3-5-16(18)12-19(15)13-17(8-9-17)14-6-7-14/h14-16H,2-13H2,1H3. The summed E-state index contributed by atoms with van der Waals surface area (Å²) in [5.74, 6) is 1.12. The van der Waals surface area contributed by atoms with Gasteiger partial charge < -0.3 is 0 Å². The highest BCUT2D eigenvalue weighted by atomic mass is 15.3. The van der Waals surface area contributed by atoms with Crippen molar-refractivity contribution in [3.8, 4) is 0 Å². The van der Waals surface area contributed by atoms with Crippen LogP contribution in [-0.4, -0.2) is 48.1 Å². The first-order valence-electron chi connectivity index (χ1n) is 8.79. The van der Waals surface area contributed by atoms with Crippen LogP contribution in [0, 0.1) is 11.3 Å². The zero-order valence-corrected chi connectivity index (χ0v) is 12.6. The number of piperidine rings is 1. The molecular weight excluding hydrogens is 232 g/mol. The summed E-state index contributed by atoms with van der Waals surface area (Å²) in [7, 11) is 0. The molecule has 4 aliphatic rings. The Labute approximate surface area is 118 Å². The van der Waals surface area contributed by atoms with Crippen LogP contribution in [0.4, 0.5) is 0 Å². The molecule has 2 saturated heterocycles. The molecule has 2 saturated carbocycles.